The van der Waals surface area contributed by atoms with Crippen molar-refractivity contribution in [1.29, 1.82) is 0 Å². The normalized spacial score (nSPS) is 31.2. The molecule has 1 fully saturated rings. The molecule has 0 aromatic carbocycles. The molecule has 0 aliphatic carbocycles. The molecule has 1 unspecified atom stereocenters. The van der Waals surface area contributed by atoms with Gasteiger partial charge < -0.3 is 30.9 Å². The second-order valence-corrected chi connectivity index (χ2v) is 7.14. The van der Waals surface area contributed by atoms with E-state index in [1.165, 1.54) is 44.9 Å². The topological polar surface area (TPSA) is 128 Å². The van der Waals surface area contributed by atoms with E-state index in [-0.39, 0.29) is 6.17 Å². The second kappa shape index (κ2) is 13.0. The maximum absolute atomic E-state index is 9.97. The van der Waals surface area contributed by atoms with Gasteiger partial charge in [0.15, 0.2) is 0 Å². The van der Waals surface area contributed by atoms with E-state index in [0.29, 0.717) is 0 Å². The highest BCUT2D eigenvalue weighted by Crippen LogP contribution is 2.20. The minimum absolute atomic E-state index is 0.369. The van der Waals surface area contributed by atoms with Crippen LogP contribution in [0.2, 0.25) is 0 Å². The molecular formula is C18H38N2O5. The van der Waals surface area contributed by atoms with Crippen molar-refractivity contribution >= 4 is 0 Å². The minimum Gasteiger partial charge on any atom is -0.394 e. The molecular weight excluding hydrogens is 324 g/mol. The zero-order chi connectivity index (χ0) is 18.7. The Labute approximate surface area is 151 Å². The summed E-state index contributed by atoms with van der Waals surface area (Å²) in [6.07, 6.45) is 5.72. The van der Waals surface area contributed by atoms with Crippen molar-refractivity contribution in [2.75, 3.05) is 6.61 Å². The second-order valence-electron chi connectivity index (χ2n) is 7.14. The van der Waals surface area contributed by atoms with Crippen LogP contribution in [-0.4, -0.2) is 63.8 Å². The monoisotopic (exact) mass is 362 g/mol. The molecule has 0 aromatic heterocycles. The van der Waals surface area contributed by atoms with E-state index in [1.807, 2.05) is 0 Å². The van der Waals surface area contributed by atoms with Gasteiger partial charge in [-0.05, 0) is 6.42 Å². The Bertz CT molecular complexity index is 333. The number of nitrogens with one attached hydrogen (secondary N) is 1. The van der Waals surface area contributed by atoms with Crippen molar-refractivity contribution in [3.05, 3.63) is 0 Å². The first-order valence-electron chi connectivity index (χ1n) is 9.83. The van der Waals surface area contributed by atoms with Crippen LogP contribution in [0.25, 0.3) is 0 Å². The van der Waals surface area contributed by atoms with Crippen LogP contribution in [-0.2, 0) is 4.74 Å². The third-order valence-corrected chi connectivity index (χ3v) is 4.89. The summed E-state index contributed by atoms with van der Waals surface area (Å²) in [5.41, 5.74) is 6.02. The quantitative estimate of drug-likeness (QED) is 0.209. The molecule has 6 atom stereocenters. The van der Waals surface area contributed by atoms with Gasteiger partial charge in [-0.25, -0.2) is 0 Å². The number of hydrogen-bond donors (Lipinski definition) is 6. The summed E-state index contributed by atoms with van der Waals surface area (Å²) in [6, 6.07) is 0. The Morgan fingerprint density at radius 3 is 2.00 bits per heavy atom. The molecule has 1 aliphatic rings. The SMILES string of the molecule is CCCCCCCCCCCC(N)N[C@@H]1O[C@H](CO)[C@H](O)[C@H](O)[C@H]1O. The van der Waals surface area contributed by atoms with E-state index in [9.17, 15) is 20.4 Å². The van der Waals surface area contributed by atoms with Gasteiger partial charge in [-0.2, -0.15) is 0 Å². The van der Waals surface area contributed by atoms with E-state index >= 15 is 0 Å². The van der Waals surface area contributed by atoms with Crippen molar-refractivity contribution in [2.24, 2.45) is 5.73 Å². The van der Waals surface area contributed by atoms with Crippen molar-refractivity contribution in [3.63, 3.8) is 0 Å². The van der Waals surface area contributed by atoms with Gasteiger partial charge in [0.2, 0.25) is 0 Å². The Morgan fingerprint density at radius 1 is 0.880 bits per heavy atom. The molecule has 0 saturated carbocycles. The summed E-state index contributed by atoms with van der Waals surface area (Å²) in [7, 11) is 0. The van der Waals surface area contributed by atoms with Gasteiger partial charge in [0, 0.05) is 0 Å². The standard InChI is InChI=1S/C18H38N2O5/c1-2-3-4-5-6-7-8-9-10-11-14(19)20-18-17(24)16(23)15(22)13(12-21)25-18/h13-18,20-24H,2-12,19H2,1H3/t13-,14?,15+,16+,17-,18-/m1/s1. The molecule has 150 valence electrons. The number of ether oxygens (including phenoxy) is 1. The van der Waals surface area contributed by atoms with E-state index in [0.717, 1.165) is 19.3 Å². The highest BCUT2D eigenvalue weighted by Gasteiger charge is 2.43. The zero-order valence-corrected chi connectivity index (χ0v) is 15.5. The number of nitrogens with two attached hydrogens (primary N) is 1. The maximum Gasteiger partial charge on any atom is 0.138 e. The third kappa shape index (κ3) is 8.30. The lowest BCUT2D eigenvalue weighted by molar-refractivity contribution is -0.238. The Hall–Kier alpha value is -0.280. The van der Waals surface area contributed by atoms with Crippen molar-refractivity contribution in [2.45, 2.75) is 108 Å². The lowest BCUT2D eigenvalue weighted by Gasteiger charge is -2.41. The molecule has 7 N–H and O–H groups in total. The van der Waals surface area contributed by atoms with Gasteiger partial charge in [0.05, 0.1) is 12.8 Å². The summed E-state index contributed by atoms with van der Waals surface area (Å²) in [5.74, 6) is 0. The number of aliphatic hydroxyl groups is 4. The molecule has 1 heterocycles. The molecule has 1 saturated heterocycles. The van der Waals surface area contributed by atoms with Crippen LogP contribution in [0, 0.1) is 0 Å². The fourth-order valence-electron chi connectivity index (χ4n) is 3.21. The minimum atomic E-state index is -1.37. The van der Waals surface area contributed by atoms with Crippen LogP contribution >= 0.6 is 0 Å². The highest BCUT2D eigenvalue weighted by molar-refractivity contribution is 4.91. The zero-order valence-electron chi connectivity index (χ0n) is 15.5. The summed E-state index contributed by atoms with van der Waals surface area (Å²) in [6.45, 7) is 1.79. The van der Waals surface area contributed by atoms with Crippen LogP contribution < -0.4 is 11.1 Å². The smallest absolute Gasteiger partial charge is 0.138 e. The largest absolute Gasteiger partial charge is 0.394 e. The van der Waals surface area contributed by atoms with Crippen molar-refractivity contribution in [1.82, 2.24) is 5.32 Å². The van der Waals surface area contributed by atoms with Crippen molar-refractivity contribution < 1.29 is 25.2 Å². The fourth-order valence-corrected chi connectivity index (χ4v) is 3.21. The molecule has 0 aromatic rings. The average molecular weight is 363 g/mol. The molecule has 0 spiro atoms. The molecule has 0 radical (unpaired) electrons. The van der Waals surface area contributed by atoms with E-state index in [4.69, 9.17) is 10.5 Å². The summed E-state index contributed by atoms with van der Waals surface area (Å²) in [5, 5.41) is 41.6. The van der Waals surface area contributed by atoms with Gasteiger partial charge in [0.1, 0.15) is 30.6 Å². The Kier molecular flexibility index (Phi) is 11.8. The lowest BCUT2D eigenvalue weighted by Crippen LogP contribution is -2.64. The molecule has 0 amide bonds. The van der Waals surface area contributed by atoms with Gasteiger partial charge in [-0.15, -0.1) is 0 Å². The predicted molar refractivity (Wildman–Crippen MR) is 96.7 cm³/mol. The first kappa shape index (κ1) is 22.8. The van der Waals surface area contributed by atoms with Gasteiger partial charge in [-0.1, -0.05) is 64.7 Å². The van der Waals surface area contributed by atoms with Crippen LogP contribution in [0.3, 0.4) is 0 Å². The van der Waals surface area contributed by atoms with Crippen molar-refractivity contribution in [3.8, 4) is 0 Å². The predicted octanol–water partition coefficient (Wildman–Crippen LogP) is 0.582. The third-order valence-electron chi connectivity index (χ3n) is 4.89. The summed E-state index contributed by atoms with van der Waals surface area (Å²) in [4.78, 5) is 0. The first-order chi connectivity index (χ1) is 12.0. The van der Waals surface area contributed by atoms with E-state index in [1.54, 1.807) is 0 Å². The molecule has 1 rings (SSSR count). The van der Waals surface area contributed by atoms with E-state index in [2.05, 4.69) is 12.2 Å². The molecule has 0 bridgehead atoms. The van der Waals surface area contributed by atoms with Crippen LogP contribution in [0.1, 0.15) is 71.1 Å². The van der Waals surface area contributed by atoms with Crippen LogP contribution in [0.15, 0.2) is 0 Å². The van der Waals surface area contributed by atoms with E-state index < -0.39 is 37.3 Å². The van der Waals surface area contributed by atoms with Crippen LogP contribution in [0.4, 0.5) is 0 Å². The fraction of sp³-hybridized carbons (Fsp3) is 1.00. The highest BCUT2D eigenvalue weighted by atomic mass is 16.6. The number of hydrogen-bond acceptors (Lipinski definition) is 7. The number of unbranched alkanes of at least 4 members (excludes halogenated alkanes) is 8. The molecule has 7 nitrogen and oxygen atoms in total. The van der Waals surface area contributed by atoms with Gasteiger partial charge >= 0.3 is 0 Å². The van der Waals surface area contributed by atoms with Crippen LogP contribution in [0.5, 0.6) is 0 Å². The average Bonchev–Trinajstić information content (AvgIpc) is 2.60. The summed E-state index contributed by atoms with van der Waals surface area (Å²) >= 11 is 0. The number of rotatable bonds is 13. The Balaban J connectivity index is 2.14. The number of aliphatic hydroxyl groups excluding tert-OH is 4. The molecule has 7 heteroatoms. The summed E-state index contributed by atoms with van der Waals surface area (Å²) < 4.78 is 5.39. The van der Waals surface area contributed by atoms with Gasteiger partial charge in [0.25, 0.3) is 0 Å². The Morgan fingerprint density at radius 2 is 1.44 bits per heavy atom. The molecule has 1 aliphatic heterocycles. The molecule has 25 heavy (non-hydrogen) atoms. The first-order valence-corrected chi connectivity index (χ1v) is 9.83. The maximum atomic E-state index is 9.97. The van der Waals surface area contributed by atoms with Gasteiger partial charge in [-0.3, -0.25) is 5.32 Å². The lowest BCUT2D eigenvalue weighted by atomic mass is 9.98.